The number of ether oxygens (including phenoxy) is 2. The molecular formula is C22H20Br2ClNO2. The fourth-order valence-electron chi connectivity index (χ4n) is 2.70. The Balaban J connectivity index is 1.73. The molecule has 3 aromatic carbocycles. The molecule has 0 spiro atoms. The minimum absolute atomic E-state index is 0.399. The smallest absolute Gasteiger partial charge is 0.139 e. The van der Waals surface area contributed by atoms with Gasteiger partial charge in [-0.1, -0.05) is 45.7 Å². The second-order valence-corrected chi connectivity index (χ2v) is 8.24. The van der Waals surface area contributed by atoms with Crippen LogP contribution in [0.5, 0.6) is 11.5 Å². The molecule has 3 aromatic rings. The van der Waals surface area contributed by atoms with Crippen LogP contribution in [0.15, 0.2) is 69.6 Å². The molecule has 1 N–H and O–H groups in total. The molecule has 0 aliphatic rings. The maximum Gasteiger partial charge on any atom is 0.139 e. The van der Waals surface area contributed by atoms with Crippen molar-refractivity contribution in [3.05, 3.63) is 85.8 Å². The van der Waals surface area contributed by atoms with Crippen molar-refractivity contribution < 1.29 is 9.47 Å². The van der Waals surface area contributed by atoms with Crippen LogP contribution in [0, 0.1) is 0 Å². The summed E-state index contributed by atoms with van der Waals surface area (Å²) in [6, 6.07) is 19.6. The Bertz CT molecular complexity index is 932. The van der Waals surface area contributed by atoms with E-state index in [0.29, 0.717) is 24.8 Å². The van der Waals surface area contributed by atoms with Gasteiger partial charge in [-0.15, -0.1) is 0 Å². The average Bonchev–Trinajstić information content (AvgIpc) is 2.68. The summed E-state index contributed by atoms with van der Waals surface area (Å²) in [6.07, 6.45) is 0. The summed E-state index contributed by atoms with van der Waals surface area (Å²) in [5.41, 5.74) is 2.99. The molecule has 6 heteroatoms. The van der Waals surface area contributed by atoms with Gasteiger partial charge < -0.3 is 14.8 Å². The molecule has 0 radical (unpaired) electrons. The Morgan fingerprint density at radius 1 is 0.929 bits per heavy atom. The van der Waals surface area contributed by atoms with Gasteiger partial charge in [-0.2, -0.15) is 0 Å². The van der Waals surface area contributed by atoms with Gasteiger partial charge in [0.2, 0.25) is 0 Å². The molecule has 28 heavy (non-hydrogen) atoms. The monoisotopic (exact) mass is 523 g/mol. The third kappa shape index (κ3) is 5.66. The highest BCUT2D eigenvalue weighted by Crippen LogP contribution is 2.34. The molecule has 0 atom stereocenters. The van der Waals surface area contributed by atoms with Crippen molar-refractivity contribution in [1.82, 2.24) is 0 Å². The van der Waals surface area contributed by atoms with Crippen molar-refractivity contribution in [2.75, 3.05) is 11.9 Å². The van der Waals surface area contributed by atoms with E-state index in [2.05, 4.69) is 37.2 Å². The summed E-state index contributed by atoms with van der Waals surface area (Å²) in [4.78, 5) is 0. The van der Waals surface area contributed by atoms with E-state index in [1.54, 1.807) is 0 Å². The Hall–Kier alpha value is -1.69. The molecule has 0 saturated heterocycles. The molecular weight excluding hydrogens is 506 g/mol. The molecule has 146 valence electrons. The summed E-state index contributed by atoms with van der Waals surface area (Å²) in [6.45, 7) is 3.65. The van der Waals surface area contributed by atoms with E-state index >= 15 is 0 Å². The van der Waals surface area contributed by atoms with Crippen molar-refractivity contribution in [2.45, 2.75) is 20.1 Å². The van der Waals surface area contributed by atoms with E-state index in [4.69, 9.17) is 21.1 Å². The number of hydrogen-bond acceptors (Lipinski definition) is 3. The zero-order valence-corrected chi connectivity index (χ0v) is 19.3. The first kappa shape index (κ1) is 21.0. The van der Waals surface area contributed by atoms with Crippen molar-refractivity contribution in [1.29, 1.82) is 0 Å². The van der Waals surface area contributed by atoms with Crippen LogP contribution in [-0.4, -0.2) is 6.61 Å². The van der Waals surface area contributed by atoms with E-state index in [0.717, 1.165) is 37.3 Å². The second kappa shape index (κ2) is 10.2. The number of rotatable bonds is 8. The molecule has 0 aliphatic heterocycles. The number of anilines is 1. The fourth-order valence-corrected chi connectivity index (χ4v) is 4.32. The van der Waals surface area contributed by atoms with E-state index in [1.165, 1.54) is 0 Å². The maximum atomic E-state index is 6.25. The van der Waals surface area contributed by atoms with Crippen LogP contribution in [0.3, 0.4) is 0 Å². The number of benzene rings is 3. The Kier molecular flexibility index (Phi) is 7.65. The lowest BCUT2D eigenvalue weighted by Gasteiger charge is -2.16. The van der Waals surface area contributed by atoms with Crippen molar-refractivity contribution >= 4 is 49.1 Å². The summed E-state index contributed by atoms with van der Waals surface area (Å²) < 4.78 is 13.5. The number of nitrogens with one attached hydrogen (secondary N) is 1. The third-order valence-corrected chi connectivity index (χ3v) is 5.48. The summed E-state index contributed by atoms with van der Waals surface area (Å²) in [7, 11) is 0. The SMILES string of the molecule is CCOc1ccc(NCc2cc(Br)cc(Br)c2OCc2ccccc2Cl)cc1. The lowest BCUT2D eigenvalue weighted by atomic mass is 10.2. The van der Waals surface area contributed by atoms with Gasteiger partial charge in [0.25, 0.3) is 0 Å². The van der Waals surface area contributed by atoms with E-state index in [1.807, 2.05) is 67.6 Å². The van der Waals surface area contributed by atoms with Crippen LogP contribution in [0.25, 0.3) is 0 Å². The van der Waals surface area contributed by atoms with Crippen molar-refractivity contribution in [3.63, 3.8) is 0 Å². The summed E-state index contributed by atoms with van der Waals surface area (Å²) in [5, 5.41) is 4.13. The molecule has 0 bridgehead atoms. The van der Waals surface area contributed by atoms with Gasteiger partial charge in [0.05, 0.1) is 11.1 Å². The second-order valence-electron chi connectivity index (χ2n) is 6.07. The van der Waals surface area contributed by atoms with Crippen LogP contribution in [0.1, 0.15) is 18.1 Å². The highest BCUT2D eigenvalue weighted by Gasteiger charge is 2.12. The zero-order chi connectivity index (χ0) is 19.9. The molecule has 3 rings (SSSR count). The molecule has 0 saturated carbocycles. The first-order valence-corrected chi connectivity index (χ1v) is 10.8. The number of halogens is 3. The molecule has 0 amide bonds. The van der Waals surface area contributed by atoms with Gasteiger partial charge in [-0.25, -0.2) is 0 Å². The molecule has 0 fully saturated rings. The van der Waals surface area contributed by atoms with Gasteiger partial charge in [0.15, 0.2) is 0 Å². The number of hydrogen-bond donors (Lipinski definition) is 1. The van der Waals surface area contributed by atoms with Gasteiger partial charge in [-0.05, 0) is 65.3 Å². The highest BCUT2D eigenvalue weighted by atomic mass is 79.9. The lowest BCUT2D eigenvalue weighted by molar-refractivity contribution is 0.301. The lowest BCUT2D eigenvalue weighted by Crippen LogP contribution is -2.05. The van der Waals surface area contributed by atoms with Crippen LogP contribution in [0.4, 0.5) is 5.69 Å². The predicted octanol–water partition coefficient (Wildman–Crippen LogP) is 7.45. The highest BCUT2D eigenvalue weighted by molar-refractivity contribution is 9.11. The predicted molar refractivity (Wildman–Crippen MR) is 123 cm³/mol. The minimum atomic E-state index is 0.399. The summed E-state index contributed by atoms with van der Waals surface area (Å²) >= 11 is 13.4. The van der Waals surface area contributed by atoms with Crippen molar-refractivity contribution in [3.8, 4) is 11.5 Å². The van der Waals surface area contributed by atoms with Gasteiger partial charge in [0, 0.05) is 32.9 Å². The van der Waals surface area contributed by atoms with E-state index < -0.39 is 0 Å². The Morgan fingerprint density at radius 2 is 1.68 bits per heavy atom. The third-order valence-electron chi connectivity index (χ3n) is 4.06. The quantitative estimate of drug-likeness (QED) is 0.331. The summed E-state index contributed by atoms with van der Waals surface area (Å²) in [5.74, 6) is 1.66. The Morgan fingerprint density at radius 3 is 2.39 bits per heavy atom. The zero-order valence-electron chi connectivity index (χ0n) is 15.3. The Labute approximate surface area is 187 Å². The molecule has 0 heterocycles. The molecule has 0 aromatic heterocycles. The van der Waals surface area contributed by atoms with Crippen LogP contribution in [0.2, 0.25) is 5.02 Å². The van der Waals surface area contributed by atoms with Gasteiger partial charge in [0.1, 0.15) is 18.1 Å². The van der Waals surface area contributed by atoms with Gasteiger partial charge in [-0.3, -0.25) is 0 Å². The molecule has 3 nitrogen and oxygen atoms in total. The van der Waals surface area contributed by atoms with Crippen LogP contribution in [-0.2, 0) is 13.2 Å². The van der Waals surface area contributed by atoms with E-state index in [9.17, 15) is 0 Å². The average molecular weight is 526 g/mol. The normalized spacial score (nSPS) is 10.6. The molecule has 0 unspecified atom stereocenters. The molecule has 0 aliphatic carbocycles. The van der Waals surface area contributed by atoms with Crippen LogP contribution < -0.4 is 14.8 Å². The fraction of sp³-hybridized carbons (Fsp3) is 0.182. The minimum Gasteiger partial charge on any atom is -0.494 e. The standard InChI is InChI=1S/C22H20Br2ClNO2/c1-2-27-19-9-7-18(8-10-19)26-13-16-11-17(23)12-20(24)22(16)28-14-15-5-3-4-6-21(15)25/h3-12,26H,2,13-14H2,1H3. The first-order valence-electron chi connectivity index (χ1n) is 8.87. The van der Waals surface area contributed by atoms with Gasteiger partial charge >= 0.3 is 0 Å². The van der Waals surface area contributed by atoms with Crippen molar-refractivity contribution in [2.24, 2.45) is 0 Å². The maximum absolute atomic E-state index is 6.25. The van der Waals surface area contributed by atoms with Crippen LogP contribution >= 0.6 is 43.5 Å². The topological polar surface area (TPSA) is 30.5 Å². The first-order chi connectivity index (χ1) is 13.6. The van der Waals surface area contributed by atoms with E-state index in [-0.39, 0.29) is 0 Å². The largest absolute Gasteiger partial charge is 0.494 e.